The number of nitrogens with zero attached hydrogens (tertiary/aromatic N) is 2. The van der Waals surface area contributed by atoms with Crippen LogP contribution in [0.2, 0.25) is 0 Å². The smallest absolute Gasteiger partial charge is 0.270 e. The third-order valence-electron chi connectivity index (χ3n) is 4.07. The maximum absolute atomic E-state index is 11.6. The van der Waals surface area contributed by atoms with E-state index in [1.54, 1.807) is 26.3 Å². The fourth-order valence-electron chi connectivity index (χ4n) is 2.80. The van der Waals surface area contributed by atoms with Crippen molar-refractivity contribution in [2.75, 3.05) is 27.2 Å². The molecule has 0 bridgehead atoms. The Morgan fingerprint density at radius 2 is 2.14 bits per heavy atom. The molecule has 1 saturated heterocycles. The Kier molecular flexibility index (Phi) is 5.32. The average Bonchev–Trinajstić information content (AvgIpc) is 2.54. The molecule has 1 fully saturated rings. The molecule has 0 aliphatic carbocycles. The molecule has 7 nitrogen and oxygen atoms in total. The molecule has 0 unspecified atom stereocenters. The van der Waals surface area contributed by atoms with Crippen LogP contribution in [0.5, 0.6) is 5.75 Å². The van der Waals surface area contributed by atoms with E-state index in [1.165, 1.54) is 6.07 Å². The van der Waals surface area contributed by atoms with Crippen molar-refractivity contribution in [3.8, 4) is 5.75 Å². The lowest BCUT2D eigenvalue weighted by Crippen LogP contribution is -2.39. The van der Waals surface area contributed by atoms with Gasteiger partial charge in [-0.2, -0.15) is 0 Å². The monoisotopic (exact) mass is 307 g/mol. The Bertz CT molecular complexity index is 554. The summed E-state index contributed by atoms with van der Waals surface area (Å²) in [5, 5.41) is 13.6. The molecule has 0 radical (unpaired) electrons. The van der Waals surface area contributed by atoms with Gasteiger partial charge in [0, 0.05) is 37.2 Å². The maximum Gasteiger partial charge on any atom is 0.270 e. The number of hydrogen-bond donors (Lipinski definition) is 1. The molecule has 1 aromatic carbocycles. The summed E-state index contributed by atoms with van der Waals surface area (Å²) in [4.78, 5) is 24.3. The number of likely N-dealkylation sites (tertiary alicyclic amines) is 1. The number of carbonyl (C=O) groups excluding carboxylic acids is 1. The molecule has 0 spiro atoms. The van der Waals surface area contributed by atoms with E-state index in [0.29, 0.717) is 12.3 Å². The highest BCUT2D eigenvalue weighted by Gasteiger charge is 2.25. The van der Waals surface area contributed by atoms with E-state index in [4.69, 9.17) is 4.74 Å². The van der Waals surface area contributed by atoms with Gasteiger partial charge in [0.2, 0.25) is 5.91 Å². The second kappa shape index (κ2) is 7.22. The number of carbonyl (C=O) groups is 1. The van der Waals surface area contributed by atoms with Crippen LogP contribution in [0.1, 0.15) is 18.4 Å². The van der Waals surface area contributed by atoms with Crippen molar-refractivity contribution in [2.45, 2.75) is 19.4 Å². The number of hydrogen-bond acceptors (Lipinski definition) is 5. The van der Waals surface area contributed by atoms with E-state index >= 15 is 0 Å². The molecule has 1 N–H and O–H groups in total. The van der Waals surface area contributed by atoms with Crippen LogP contribution in [0.15, 0.2) is 18.2 Å². The van der Waals surface area contributed by atoms with Gasteiger partial charge in [0.25, 0.3) is 5.69 Å². The summed E-state index contributed by atoms with van der Waals surface area (Å²) >= 11 is 0. The van der Waals surface area contributed by atoms with Crippen LogP contribution in [0.4, 0.5) is 5.69 Å². The van der Waals surface area contributed by atoms with E-state index in [0.717, 1.165) is 31.5 Å². The van der Waals surface area contributed by atoms with Crippen molar-refractivity contribution in [2.24, 2.45) is 5.92 Å². The first-order valence-corrected chi connectivity index (χ1v) is 7.30. The third-order valence-corrected chi connectivity index (χ3v) is 4.07. The van der Waals surface area contributed by atoms with Crippen molar-refractivity contribution < 1.29 is 14.5 Å². The van der Waals surface area contributed by atoms with Crippen LogP contribution in [-0.4, -0.2) is 43.0 Å². The second-order valence-electron chi connectivity index (χ2n) is 5.42. The Morgan fingerprint density at radius 3 is 2.68 bits per heavy atom. The van der Waals surface area contributed by atoms with Crippen LogP contribution in [-0.2, 0) is 11.3 Å². The summed E-state index contributed by atoms with van der Waals surface area (Å²) in [5.74, 6) is 0.805. The Labute approximate surface area is 129 Å². The summed E-state index contributed by atoms with van der Waals surface area (Å²) in [5.41, 5.74) is 0.867. The van der Waals surface area contributed by atoms with Crippen LogP contribution >= 0.6 is 0 Å². The molecule has 0 aromatic heterocycles. The van der Waals surface area contributed by atoms with E-state index in [2.05, 4.69) is 10.2 Å². The fourth-order valence-corrected chi connectivity index (χ4v) is 2.80. The van der Waals surface area contributed by atoms with Gasteiger partial charge < -0.3 is 10.1 Å². The number of piperidine rings is 1. The molecular weight excluding hydrogens is 286 g/mol. The first-order valence-electron chi connectivity index (χ1n) is 7.30. The van der Waals surface area contributed by atoms with E-state index < -0.39 is 4.92 Å². The van der Waals surface area contributed by atoms with Crippen molar-refractivity contribution in [1.29, 1.82) is 0 Å². The zero-order chi connectivity index (χ0) is 16.1. The minimum Gasteiger partial charge on any atom is -0.496 e. The van der Waals surface area contributed by atoms with Gasteiger partial charge in [-0.15, -0.1) is 0 Å². The SMILES string of the molecule is CNC(=O)C1CCN(Cc2cc([N+](=O)[O-])ccc2OC)CC1. The summed E-state index contributed by atoms with van der Waals surface area (Å²) in [6.45, 7) is 2.18. The van der Waals surface area contributed by atoms with Crippen LogP contribution in [0.3, 0.4) is 0 Å². The van der Waals surface area contributed by atoms with E-state index in [9.17, 15) is 14.9 Å². The quantitative estimate of drug-likeness (QED) is 0.659. The molecule has 1 aliphatic rings. The van der Waals surface area contributed by atoms with Crippen molar-refractivity contribution in [3.63, 3.8) is 0 Å². The van der Waals surface area contributed by atoms with Gasteiger partial charge in [0.05, 0.1) is 12.0 Å². The van der Waals surface area contributed by atoms with Crippen LogP contribution in [0, 0.1) is 16.0 Å². The third kappa shape index (κ3) is 3.73. The largest absolute Gasteiger partial charge is 0.496 e. The number of ether oxygens (including phenoxy) is 1. The normalized spacial score (nSPS) is 16.3. The highest BCUT2D eigenvalue weighted by atomic mass is 16.6. The number of benzene rings is 1. The first-order chi connectivity index (χ1) is 10.5. The van der Waals surface area contributed by atoms with Crippen molar-refractivity contribution in [3.05, 3.63) is 33.9 Å². The predicted octanol–water partition coefficient (Wildman–Crippen LogP) is 1.56. The number of non-ortho nitro benzene ring substituents is 1. The number of nitro groups is 1. The van der Waals surface area contributed by atoms with E-state index in [1.807, 2.05) is 0 Å². The predicted molar refractivity (Wildman–Crippen MR) is 81.7 cm³/mol. The number of amides is 1. The summed E-state index contributed by atoms with van der Waals surface area (Å²) in [6, 6.07) is 4.63. The molecule has 7 heteroatoms. The second-order valence-corrected chi connectivity index (χ2v) is 5.42. The van der Waals surface area contributed by atoms with Crippen molar-refractivity contribution in [1.82, 2.24) is 10.2 Å². The Balaban J connectivity index is 2.03. The van der Waals surface area contributed by atoms with Gasteiger partial charge in [0.15, 0.2) is 0 Å². The standard InChI is InChI=1S/C15H21N3O4/c1-16-15(19)11-5-7-17(8-6-11)10-12-9-13(18(20)21)3-4-14(12)22-2/h3-4,9,11H,5-8,10H2,1-2H3,(H,16,19). The minimum absolute atomic E-state index is 0.0632. The topological polar surface area (TPSA) is 84.7 Å². The lowest BCUT2D eigenvalue weighted by Gasteiger charge is -2.31. The Hall–Kier alpha value is -2.15. The zero-order valence-corrected chi connectivity index (χ0v) is 12.9. The highest BCUT2D eigenvalue weighted by Crippen LogP contribution is 2.27. The number of rotatable bonds is 5. The fraction of sp³-hybridized carbons (Fsp3) is 0.533. The van der Waals surface area contributed by atoms with Gasteiger partial charge in [-0.25, -0.2) is 0 Å². The highest BCUT2D eigenvalue weighted by molar-refractivity contribution is 5.78. The van der Waals surface area contributed by atoms with E-state index in [-0.39, 0.29) is 17.5 Å². The summed E-state index contributed by atoms with van der Waals surface area (Å²) < 4.78 is 5.28. The van der Waals surface area contributed by atoms with Crippen molar-refractivity contribution >= 4 is 11.6 Å². The van der Waals surface area contributed by atoms with Crippen LogP contribution < -0.4 is 10.1 Å². The zero-order valence-electron chi connectivity index (χ0n) is 12.9. The minimum atomic E-state index is -0.402. The molecule has 0 saturated carbocycles. The summed E-state index contributed by atoms with van der Waals surface area (Å²) in [7, 11) is 3.21. The lowest BCUT2D eigenvalue weighted by atomic mass is 9.95. The average molecular weight is 307 g/mol. The van der Waals surface area contributed by atoms with Gasteiger partial charge in [-0.05, 0) is 32.0 Å². The molecule has 1 aromatic rings. The molecule has 2 rings (SSSR count). The van der Waals surface area contributed by atoms with Gasteiger partial charge in [0.1, 0.15) is 5.75 Å². The van der Waals surface area contributed by atoms with Gasteiger partial charge in [-0.3, -0.25) is 19.8 Å². The molecule has 1 heterocycles. The number of methoxy groups -OCH3 is 1. The molecular formula is C15H21N3O4. The van der Waals surface area contributed by atoms with Gasteiger partial charge in [-0.1, -0.05) is 0 Å². The molecule has 22 heavy (non-hydrogen) atoms. The number of nitrogens with one attached hydrogen (secondary N) is 1. The lowest BCUT2D eigenvalue weighted by molar-refractivity contribution is -0.385. The Morgan fingerprint density at radius 1 is 1.45 bits per heavy atom. The molecule has 1 amide bonds. The molecule has 0 atom stereocenters. The molecule has 1 aliphatic heterocycles. The van der Waals surface area contributed by atoms with Crippen LogP contribution in [0.25, 0.3) is 0 Å². The molecule has 120 valence electrons. The number of nitro benzene ring substituents is 1. The van der Waals surface area contributed by atoms with Gasteiger partial charge >= 0.3 is 0 Å². The first kappa shape index (κ1) is 16.2. The summed E-state index contributed by atoms with van der Waals surface area (Å²) in [6.07, 6.45) is 1.60. The maximum atomic E-state index is 11.6.